The molecule has 6 nitrogen and oxygen atoms in total. The first-order valence-electron chi connectivity index (χ1n) is 10.5. The van der Waals surface area contributed by atoms with Gasteiger partial charge in [0.25, 0.3) is 0 Å². The van der Waals surface area contributed by atoms with Crippen LogP contribution in [0.4, 0.5) is 0 Å². The van der Waals surface area contributed by atoms with Crippen molar-refractivity contribution in [2.24, 2.45) is 18.9 Å². The molecule has 0 radical (unpaired) electrons. The molecule has 4 rings (SSSR count). The quantitative estimate of drug-likeness (QED) is 0.643. The van der Waals surface area contributed by atoms with E-state index in [9.17, 15) is 4.79 Å². The van der Waals surface area contributed by atoms with E-state index < -0.39 is 0 Å². The molecular formula is C23H29N5O. The van der Waals surface area contributed by atoms with E-state index in [1.54, 1.807) is 12.5 Å². The standard InChI is InChI=1S/C23H29N5O/c1-16(2)14-28-6-4-17(5-7-28)23(29)10-20-9-18-8-19(11-26-21(18)12-25-20)22-13-24-15-27(22)3/h8-9,11-13,15-17H,4-7,10,14H2,1-3H3. The number of carbonyl (C=O) groups excluding carboxylic acids is 1. The number of hydrogen-bond donors (Lipinski definition) is 0. The average Bonchev–Trinajstić information content (AvgIpc) is 3.13. The topological polar surface area (TPSA) is 63.9 Å². The second-order valence-electron chi connectivity index (χ2n) is 8.59. The first kappa shape index (κ1) is 19.7. The van der Waals surface area contributed by atoms with Crippen molar-refractivity contribution in [1.29, 1.82) is 0 Å². The Balaban J connectivity index is 1.45. The maximum atomic E-state index is 12.8. The summed E-state index contributed by atoms with van der Waals surface area (Å²) in [6.07, 6.45) is 9.56. The number of ketones is 1. The monoisotopic (exact) mass is 391 g/mol. The minimum absolute atomic E-state index is 0.162. The molecule has 4 heterocycles. The molecule has 29 heavy (non-hydrogen) atoms. The van der Waals surface area contributed by atoms with Gasteiger partial charge in [0, 0.05) is 48.8 Å². The van der Waals surface area contributed by atoms with E-state index in [1.165, 1.54) is 0 Å². The highest BCUT2D eigenvalue weighted by Gasteiger charge is 2.25. The third kappa shape index (κ3) is 4.53. The first-order valence-corrected chi connectivity index (χ1v) is 10.5. The van der Waals surface area contributed by atoms with Crippen LogP contribution in [0.1, 0.15) is 32.4 Å². The molecule has 1 saturated heterocycles. The Bertz CT molecular complexity index is 1000. The lowest BCUT2D eigenvalue weighted by Gasteiger charge is -2.32. The van der Waals surface area contributed by atoms with E-state index in [0.717, 1.165) is 60.3 Å². The van der Waals surface area contributed by atoms with Crippen molar-refractivity contribution in [1.82, 2.24) is 24.4 Å². The second kappa shape index (κ2) is 8.41. The number of hydrogen-bond acceptors (Lipinski definition) is 5. The number of imidazole rings is 1. The summed E-state index contributed by atoms with van der Waals surface area (Å²) in [6.45, 7) is 7.67. The number of Topliss-reactive ketones (excluding diaryl/α,β-unsaturated/α-hetero) is 1. The van der Waals surface area contributed by atoms with Gasteiger partial charge in [0.15, 0.2) is 0 Å². The summed E-state index contributed by atoms with van der Waals surface area (Å²) >= 11 is 0. The molecule has 0 atom stereocenters. The number of fused-ring (bicyclic) bond motifs is 1. The summed E-state index contributed by atoms with van der Waals surface area (Å²) in [5.74, 6) is 1.15. The number of aryl methyl sites for hydroxylation is 1. The fourth-order valence-electron chi connectivity index (χ4n) is 4.23. The van der Waals surface area contributed by atoms with Gasteiger partial charge in [-0.05, 0) is 44.0 Å². The van der Waals surface area contributed by atoms with Crippen molar-refractivity contribution < 1.29 is 4.79 Å². The lowest BCUT2D eigenvalue weighted by molar-refractivity contribution is -0.123. The smallest absolute Gasteiger partial charge is 0.142 e. The molecule has 6 heteroatoms. The maximum absolute atomic E-state index is 12.8. The van der Waals surface area contributed by atoms with E-state index in [0.29, 0.717) is 18.1 Å². The van der Waals surface area contributed by atoms with Crippen LogP contribution in [0.5, 0.6) is 0 Å². The van der Waals surface area contributed by atoms with Gasteiger partial charge in [-0.25, -0.2) is 4.98 Å². The third-order valence-corrected chi connectivity index (χ3v) is 5.76. The maximum Gasteiger partial charge on any atom is 0.142 e. The van der Waals surface area contributed by atoms with E-state index in [2.05, 4.69) is 39.8 Å². The van der Waals surface area contributed by atoms with E-state index in [-0.39, 0.29) is 5.92 Å². The molecule has 0 aromatic carbocycles. The Hall–Kier alpha value is -2.60. The van der Waals surface area contributed by atoms with E-state index in [1.807, 2.05) is 30.1 Å². The van der Waals surface area contributed by atoms with Crippen LogP contribution in [0.2, 0.25) is 0 Å². The number of carbonyl (C=O) groups is 1. The number of pyridine rings is 2. The highest BCUT2D eigenvalue weighted by atomic mass is 16.1. The Morgan fingerprint density at radius 3 is 2.62 bits per heavy atom. The lowest BCUT2D eigenvalue weighted by atomic mass is 9.90. The van der Waals surface area contributed by atoms with Crippen molar-refractivity contribution in [2.45, 2.75) is 33.1 Å². The van der Waals surface area contributed by atoms with Crippen LogP contribution in [-0.4, -0.2) is 49.8 Å². The second-order valence-corrected chi connectivity index (χ2v) is 8.59. The van der Waals surface area contributed by atoms with Crippen LogP contribution in [0, 0.1) is 11.8 Å². The molecule has 0 spiro atoms. The normalized spacial score (nSPS) is 16.0. The van der Waals surface area contributed by atoms with Crippen molar-refractivity contribution in [3.63, 3.8) is 0 Å². The fraction of sp³-hybridized carbons (Fsp3) is 0.478. The molecule has 0 N–H and O–H groups in total. The molecule has 1 aliphatic heterocycles. The lowest BCUT2D eigenvalue weighted by Crippen LogP contribution is -2.38. The molecular weight excluding hydrogens is 362 g/mol. The predicted molar refractivity (Wildman–Crippen MR) is 114 cm³/mol. The van der Waals surface area contributed by atoms with Gasteiger partial charge in [-0.3, -0.25) is 14.8 Å². The van der Waals surface area contributed by atoms with Gasteiger partial charge < -0.3 is 9.47 Å². The van der Waals surface area contributed by atoms with Crippen LogP contribution < -0.4 is 0 Å². The number of piperidine rings is 1. The summed E-state index contributed by atoms with van der Waals surface area (Å²) in [7, 11) is 1.97. The molecule has 1 fully saturated rings. The average molecular weight is 392 g/mol. The number of rotatable bonds is 6. The first-order chi connectivity index (χ1) is 14.0. The molecule has 3 aromatic rings. The summed E-state index contributed by atoms with van der Waals surface area (Å²) in [6, 6.07) is 4.10. The molecule has 3 aromatic heterocycles. The van der Waals surface area contributed by atoms with Crippen molar-refractivity contribution in [2.75, 3.05) is 19.6 Å². The molecule has 0 amide bonds. The molecule has 0 aliphatic carbocycles. The van der Waals surface area contributed by atoms with Gasteiger partial charge >= 0.3 is 0 Å². The highest BCUT2D eigenvalue weighted by molar-refractivity contribution is 5.86. The zero-order valence-corrected chi connectivity index (χ0v) is 17.5. The Morgan fingerprint density at radius 1 is 1.14 bits per heavy atom. The van der Waals surface area contributed by atoms with E-state index >= 15 is 0 Å². The van der Waals surface area contributed by atoms with Gasteiger partial charge in [0.2, 0.25) is 0 Å². The van der Waals surface area contributed by atoms with Gasteiger partial charge in [0.05, 0.1) is 29.9 Å². The molecule has 0 saturated carbocycles. The van der Waals surface area contributed by atoms with Crippen molar-refractivity contribution in [3.8, 4) is 11.3 Å². The van der Waals surface area contributed by atoms with Gasteiger partial charge in [-0.2, -0.15) is 0 Å². The van der Waals surface area contributed by atoms with Crippen molar-refractivity contribution in [3.05, 3.63) is 42.7 Å². The number of aromatic nitrogens is 4. The van der Waals surface area contributed by atoms with Crippen LogP contribution in [0.3, 0.4) is 0 Å². The number of likely N-dealkylation sites (tertiary alicyclic amines) is 1. The summed E-state index contributed by atoms with van der Waals surface area (Å²) < 4.78 is 1.97. The Kier molecular flexibility index (Phi) is 5.72. The predicted octanol–water partition coefficient (Wildman–Crippen LogP) is 3.51. The molecule has 0 bridgehead atoms. The summed E-state index contributed by atoms with van der Waals surface area (Å²) in [5.41, 5.74) is 3.70. The van der Waals surface area contributed by atoms with Crippen LogP contribution in [0.15, 0.2) is 37.1 Å². The Labute approximate surface area is 172 Å². The Morgan fingerprint density at radius 2 is 1.93 bits per heavy atom. The largest absolute Gasteiger partial charge is 0.334 e. The van der Waals surface area contributed by atoms with Crippen molar-refractivity contribution >= 4 is 16.7 Å². The minimum atomic E-state index is 0.162. The number of nitrogens with zero attached hydrogens (tertiary/aromatic N) is 5. The highest BCUT2D eigenvalue weighted by Crippen LogP contribution is 2.24. The van der Waals surface area contributed by atoms with Crippen LogP contribution in [-0.2, 0) is 18.3 Å². The molecule has 152 valence electrons. The molecule has 0 unspecified atom stereocenters. The molecule has 1 aliphatic rings. The summed E-state index contributed by atoms with van der Waals surface area (Å²) in [5, 5.41) is 1.01. The summed E-state index contributed by atoms with van der Waals surface area (Å²) in [4.78, 5) is 28.5. The third-order valence-electron chi connectivity index (χ3n) is 5.76. The zero-order valence-electron chi connectivity index (χ0n) is 17.5. The van der Waals surface area contributed by atoms with Crippen LogP contribution in [0.25, 0.3) is 22.2 Å². The van der Waals surface area contributed by atoms with Gasteiger partial charge in [-0.1, -0.05) is 13.8 Å². The zero-order chi connectivity index (χ0) is 20.4. The van der Waals surface area contributed by atoms with Gasteiger partial charge in [-0.15, -0.1) is 0 Å². The SMILES string of the molecule is CC(C)CN1CCC(C(=O)Cc2cc3cc(-c4cncn4C)cnc3cn2)CC1. The van der Waals surface area contributed by atoms with E-state index in [4.69, 9.17) is 0 Å². The van der Waals surface area contributed by atoms with Gasteiger partial charge in [0.1, 0.15) is 5.78 Å². The van der Waals surface area contributed by atoms with Crippen LogP contribution >= 0.6 is 0 Å². The minimum Gasteiger partial charge on any atom is -0.334 e. The fourth-order valence-corrected chi connectivity index (χ4v) is 4.23.